The molecule has 1 aromatic heterocycles. The van der Waals surface area contributed by atoms with Crippen molar-refractivity contribution in [3.8, 4) is 0 Å². The van der Waals surface area contributed by atoms with Gasteiger partial charge in [-0.25, -0.2) is 4.98 Å². The van der Waals surface area contributed by atoms with E-state index in [0.29, 0.717) is 11.3 Å². The predicted molar refractivity (Wildman–Crippen MR) is 111 cm³/mol. The summed E-state index contributed by atoms with van der Waals surface area (Å²) in [5, 5.41) is 13.6. The van der Waals surface area contributed by atoms with Gasteiger partial charge in [0.2, 0.25) is 0 Å². The first-order valence-corrected chi connectivity index (χ1v) is 9.75. The Labute approximate surface area is 168 Å². The van der Waals surface area contributed by atoms with Gasteiger partial charge in [0.15, 0.2) is 0 Å². The number of likely N-dealkylation sites (tertiary alicyclic amines) is 1. The summed E-state index contributed by atoms with van der Waals surface area (Å²) in [5.74, 6) is 0.699. The molecule has 0 bridgehead atoms. The highest BCUT2D eigenvalue weighted by Gasteiger charge is 2.16. The van der Waals surface area contributed by atoms with E-state index < -0.39 is 4.92 Å². The van der Waals surface area contributed by atoms with Gasteiger partial charge in [0.25, 0.3) is 11.6 Å². The van der Waals surface area contributed by atoms with Gasteiger partial charge in [0.05, 0.1) is 22.5 Å². The van der Waals surface area contributed by atoms with Crippen LogP contribution in [0.15, 0.2) is 42.5 Å². The van der Waals surface area contributed by atoms with Crippen LogP contribution in [-0.4, -0.2) is 38.4 Å². The summed E-state index contributed by atoms with van der Waals surface area (Å²) in [4.78, 5) is 29.9. The van der Waals surface area contributed by atoms with E-state index in [1.54, 1.807) is 0 Å². The molecule has 0 spiro atoms. The molecule has 0 radical (unpaired) electrons. The van der Waals surface area contributed by atoms with Gasteiger partial charge in [-0.1, -0.05) is 6.42 Å². The minimum Gasteiger partial charge on any atom is -0.330 e. The number of aromatic nitrogens is 2. The molecule has 0 atom stereocenters. The van der Waals surface area contributed by atoms with Crippen LogP contribution in [0.3, 0.4) is 0 Å². The first-order valence-electron chi connectivity index (χ1n) is 9.75. The number of non-ortho nitro benzene ring substituents is 1. The van der Waals surface area contributed by atoms with Gasteiger partial charge in [0, 0.05) is 30.4 Å². The molecule has 1 saturated heterocycles. The average Bonchev–Trinajstić information content (AvgIpc) is 3.03. The van der Waals surface area contributed by atoms with Gasteiger partial charge in [-0.2, -0.15) is 0 Å². The number of hydrogen-bond acceptors (Lipinski definition) is 5. The summed E-state index contributed by atoms with van der Waals surface area (Å²) >= 11 is 0. The fraction of sp³-hybridized carbons (Fsp3) is 0.333. The van der Waals surface area contributed by atoms with E-state index in [4.69, 9.17) is 4.98 Å². The van der Waals surface area contributed by atoms with E-state index in [1.165, 1.54) is 43.5 Å². The molecule has 0 aliphatic carbocycles. The lowest BCUT2D eigenvalue weighted by molar-refractivity contribution is -0.384. The van der Waals surface area contributed by atoms with Crippen molar-refractivity contribution >= 4 is 28.3 Å². The molecule has 3 aromatic rings. The quantitative estimate of drug-likeness (QED) is 0.527. The second-order valence-corrected chi connectivity index (χ2v) is 7.39. The summed E-state index contributed by atoms with van der Waals surface area (Å²) in [6, 6.07) is 11.2. The Morgan fingerprint density at radius 2 is 1.86 bits per heavy atom. The van der Waals surface area contributed by atoms with Crippen LogP contribution in [0.1, 0.15) is 35.4 Å². The molecule has 2 aromatic carbocycles. The lowest BCUT2D eigenvalue weighted by Gasteiger charge is -2.25. The van der Waals surface area contributed by atoms with Gasteiger partial charge >= 0.3 is 0 Å². The fourth-order valence-corrected chi connectivity index (χ4v) is 3.72. The Hall–Kier alpha value is -3.26. The molecule has 2 heterocycles. The largest absolute Gasteiger partial charge is 0.330 e. The smallest absolute Gasteiger partial charge is 0.269 e. The highest BCUT2D eigenvalue weighted by atomic mass is 16.6. The van der Waals surface area contributed by atoms with E-state index in [2.05, 4.69) is 14.8 Å². The van der Waals surface area contributed by atoms with Crippen molar-refractivity contribution in [2.24, 2.45) is 7.05 Å². The van der Waals surface area contributed by atoms with E-state index in [-0.39, 0.29) is 11.6 Å². The van der Waals surface area contributed by atoms with Crippen LogP contribution in [0.4, 0.5) is 11.4 Å². The standard InChI is InChI=1S/C21H23N5O3/c1-24-19-10-7-16(22-21(27)15-5-8-17(9-6-15)26(28)29)13-18(19)23-20(24)14-25-11-3-2-4-12-25/h5-10,13H,2-4,11-12,14H2,1H3,(H,22,27). The highest BCUT2D eigenvalue weighted by molar-refractivity contribution is 6.05. The topological polar surface area (TPSA) is 93.3 Å². The summed E-state index contributed by atoms with van der Waals surface area (Å²) < 4.78 is 2.10. The number of carbonyl (C=O) groups excluding carboxylic acids is 1. The molecular formula is C21H23N5O3. The number of nitro benzene ring substituents is 1. The van der Waals surface area contributed by atoms with Crippen LogP contribution in [-0.2, 0) is 13.6 Å². The van der Waals surface area contributed by atoms with Crippen molar-refractivity contribution < 1.29 is 9.72 Å². The SMILES string of the molecule is Cn1c(CN2CCCCC2)nc2cc(NC(=O)c3ccc([N+](=O)[O-])cc3)ccc21. The predicted octanol–water partition coefficient (Wildman–Crippen LogP) is 3.72. The number of nitro groups is 1. The molecule has 1 fully saturated rings. The third-order valence-electron chi connectivity index (χ3n) is 5.39. The monoisotopic (exact) mass is 393 g/mol. The van der Waals surface area contributed by atoms with E-state index in [1.807, 2.05) is 25.2 Å². The second kappa shape index (κ2) is 8.00. The number of amides is 1. The number of aryl methyl sites for hydroxylation is 1. The molecule has 0 saturated carbocycles. The molecule has 150 valence electrons. The molecule has 0 unspecified atom stereocenters. The molecule has 8 nitrogen and oxygen atoms in total. The fourth-order valence-electron chi connectivity index (χ4n) is 3.72. The number of carbonyl (C=O) groups is 1. The molecule has 1 amide bonds. The number of imidazole rings is 1. The number of fused-ring (bicyclic) bond motifs is 1. The Balaban J connectivity index is 1.50. The van der Waals surface area contributed by atoms with Gasteiger partial charge in [-0.15, -0.1) is 0 Å². The summed E-state index contributed by atoms with van der Waals surface area (Å²) in [6.07, 6.45) is 3.78. The Bertz CT molecular complexity index is 1050. The zero-order chi connectivity index (χ0) is 20.4. The Morgan fingerprint density at radius 3 is 2.55 bits per heavy atom. The van der Waals surface area contributed by atoms with Crippen molar-refractivity contribution in [3.05, 3.63) is 64.0 Å². The third-order valence-corrected chi connectivity index (χ3v) is 5.39. The van der Waals surface area contributed by atoms with Crippen molar-refractivity contribution in [1.29, 1.82) is 0 Å². The molecule has 29 heavy (non-hydrogen) atoms. The normalized spacial score (nSPS) is 14.8. The van der Waals surface area contributed by atoms with E-state index in [9.17, 15) is 14.9 Å². The molecular weight excluding hydrogens is 370 g/mol. The minimum absolute atomic E-state index is 0.0438. The number of nitrogens with zero attached hydrogens (tertiary/aromatic N) is 4. The van der Waals surface area contributed by atoms with Gasteiger partial charge in [-0.3, -0.25) is 19.8 Å². The lowest BCUT2D eigenvalue weighted by atomic mass is 10.1. The van der Waals surface area contributed by atoms with Crippen LogP contribution in [0.25, 0.3) is 11.0 Å². The number of nitrogens with one attached hydrogen (secondary N) is 1. The first kappa shape index (κ1) is 19.1. The average molecular weight is 393 g/mol. The lowest BCUT2D eigenvalue weighted by Crippen LogP contribution is -2.30. The summed E-state index contributed by atoms with van der Waals surface area (Å²) in [5.41, 5.74) is 2.81. The first-order chi connectivity index (χ1) is 14.0. The van der Waals surface area contributed by atoms with Crippen molar-refractivity contribution in [2.75, 3.05) is 18.4 Å². The van der Waals surface area contributed by atoms with Gasteiger partial charge in [0.1, 0.15) is 5.82 Å². The number of piperidine rings is 1. The van der Waals surface area contributed by atoms with Crippen LogP contribution >= 0.6 is 0 Å². The maximum Gasteiger partial charge on any atom is 0.269 e. The summed E-state index contributed by atoms with van der Waals surface area (Å²) in [7, 11) is 2.02. The molecule has 1 aliphatic heterocycles. The maximum atomic E-state index is 12.5. The van der Waals surface area contributed by atoms with Crippen molar-refractivity contribution in [2.45, 2.75) is 25.8 Å². The van der Waals surface area contributed by atoms with E-state index in [0.717, 1.165) is 36.5 Å². The number of rotatable bonds is 5. The Morgan fingerprint density at radius 1 is 1.14 bits per heavy atom. The van der Waals surface area contributed by atoms with Crippen molar-refractivity contribution in [1.82, 2.24) is 14.5 Å². The molecule has 1 N–H and O–H groups in total. The zero-order valence-corrected chi connectivity index (χ0v) is 16.3. The van der Waals surface area contributed by atoms with E-state index >= 15 is 0 Å². The number of benzene rings is 2. The minimum atomic E-state index is -0.488. The molecule has 1 aliphatic rings. The van der Waals surface area contributed by atoms with Gasteiger partial charge in [-0.05, 0) is 56.3 Å². The summed E-state index contributed by atoms with van der Waals surface area (Å²) in [6.45, 7) is 3.05. The molecule has 8 heteroatoms. The third kappa shape index (κ3) is 4.12. The second-order valence-electron chi connectivity index (χ2n) is 7.39. The van der Waals surface area contributed by atoms with Crippen LogP contribution in [0.2, 0.25) is 0 Å². The zero-order valence-electron chi connectivity index (χ0n) is 16.3. The van der Waals surface area contributed by atoms with Crippen molar-refractivity contribution in [3.63, 3.8) is 0 Å². The highest BCUT2D eigenvalue weighted by Crippen LogP contribution is 2.22. The maximum absolute atomic E-state index is 12.5. The molecule has 4 rings (SSSR count). The number of anilines is 1. The van der Waals surface area contributed by atoms with Crippen LogP contribution in [0.5, 0.6) is 0 Å². The van der Waals surface area contributed by atoms with Crippen LogP contribution in [0, 0.1) is 10.1 Å². The number of hydrogen-bond donors (Lipinski definition) is 1. The van der Waals surface area contributed by atoms with Gasteiger partial charge < -0.3 is 9.88 Å². The Kier molecular flexibility index (Phi) is 5.26. The van der Waals surface area contributed by atoms with Crippen LogP contribution < -0.4 is 5.32 Å².